The van der Waals surface area contributed by atoms with Crippen LogP contribution in [0.15, 0.2) is 24.3 Å². The molecule has 1 heterocycles. The lowest BCUT2D eigenvalue weighted by molar-refractivity contribution is -0.129. The maximum atomic E-state index is 13.1. The summed E-state index contributed by atoms with van der Waals surface area (Å²) in [5.41, 5.74) is 0.623. The fourth-order valence-corrected chi connectivity index (χ4v) is 3.31. The maximum absolute atomic E-state index is 13.1. The van der Waals surface area contributed by atoms with Gasteiger partial charge in [-0.3, -0.25) is 4.79 Å². The van der Waals surface area contributed by atoms with Gasteiger partial charge in [-0.05, 0) is 43.0 Å². The molecule has 1 saturated heterocycles. The van der Waals surface area contributed by atoms with Crippen molar-refractivity contribution in [3.05, 3.63) is 40.7 Å². The van der Waals surface area contributed by atoms with E-state index in [1.807, 2.05) is 0 Å². The molecular formula is C16H20ClFN2O3S. The molecule has 1 atom stereocenters. The first-order valence-electron chi connectivity index (χ1n) is 7.64. The van der Waals surface area contributed by atoms with Gasteiger partial charge in [0.1, 0.15) is 5.82 Å². The second-order valence-corrected chi connectivity index (χ2v) is 8.05. The zero-order chi connectivity index (χ0) is 17.7. The summed E-state index contributed by atoms with van der Waals surface area (Å²) in [5.74, 6) is -0.710. The van der Waals surface area contributed by atoms with Crippen LogP contribution in [0.1, 0.15) is 24.8 Å². The van der Waals surface area contributed by atoms with E-state index in [4.69, 9.17) is 11.6 Å². The molecule has 0 radical (unpaired) electrons. The van der Waals surface area contributed by atoms with Crippen molar-refractivity contribution in [1.82, 2.24) is 9.62 Å². The molecule has 1 unspecified atom stereocenters. The predicted octanol–water partition coefficient (Wildman–Crippen LogP) is 2.42. The molecule has 2 rings (SSSR count). The van der Waals surface area contributed by atoms with Gasteiger partial charge in [-0.1, -0.05) is 17.7 Å². The van der Waals surface area contributed by atoms with Crippen molar-refractivity contribution in [1.29, 1.82) is 0 Å². The summed E-state index contributed by atoms with van der Waals surface area (Å²) in [6.07, 6.45) is 6.67. The summed E-state index contributed by atoms with van der Waals surface area (Å²) in [5, 5.41) is -0.00204. The molecule has 1 aliphatic rings. The Morgan fingerprint density at radius 3 is 2.88 bits per heavy atom. The van der Waals surface area contributed by atoms with Crippen LogP contribution < -0.4 is 4.72 Å². The number of likely N-dealkylation sites (tertiary alicyclic amines) is 1. The van der Waals surface area contributed by atoms with E-state index in [1.165, 1.54) is 24.3 Å². The lowest BCUT2D eigenvalue weighted by Crippen LogP contribution is -2.48. The Hall–Kier alpha value is -1.44. The van der Waals surface area contributed by atoms with Crippen LogP contribution in [0, 0.1) is 5.82 Å². The normalized spacial score (nSPS) is 19.0. The third-order valence-corrected chi connectivity index (χ3v) is 4.83. The van der Waals surface area contributed by atoms with Crippen LogP contribution in [-0.4, -0.2) is 44.6 Å². The minimum atomic E-state index is -3.29. The number of nitrogens with zero attached hydrogens (tertiary/aromatic N) is 1. The van der Waals surface area contributed by atoms with Gasteiger partial charge >= 0.3 is 0 Å². The van der Waals surface area contributed by atoms with Gasteiger partial charge in [0, 0.05) is 25.2 Å². The summed E-state index contributed by atoms with van der Waals surface area (Å²) in [6, 6.07) is 4.05. The fraction of sp³-hybridized carbons (Fsp3) is 0.438. The number of piperidine rings is 1. The summed E-state index contributed by atoms with van der Waals surface area (Å²) in [6.45, 7) is 0.796. The molecule has 1 aromatic carbocycles. The molecule has 1 fully saturated rings. The first kappa shape index (κ1) is 18.9. The number of amides is 1. The topological polar surface area (TPSA) is 66.5 Å². The number of halogens is 2. The molecule has 132 valence electrons. The zero-order valence-electron chi connectivity index (χ0n) is 13.3. The largest absolute Gasteiger partial charge is 0.335 e. The quantitative estimate of drug-likeness (QED) is 0.805. The highest BCUT2D eigenvalue weighted by molar-refractivity contribution is 7.88. The van der Waals surface area contributed by atoms with Gasteiger partial charge in [0.15, 0.2) is 0 Å². The van der Waals surface area contributed by atoms with E-state index in [2.05, 4.69) is 4.72 Å². The summed E-state index contributed by atoms with van der Waals surface area (Å²) in [4.78, 5) is 14.1. The number of nitrogens with one attached hydrogen (secondary N) is 1. The third kappa shape index (κ3) is 5.58. The van der Waals surface area contributed by atoms with Crippen molar-refractivity contribution in [3.63, 3.8) is 0 Å². The molecule has 1 aromatic rings. The average molecular weight is 375 g/mol. The molecule has 0 bridgehead atoms. The third-order valence-electron chi connectivity index (χ3n) is 3.85. The van der Waals surface area contributed by atoms with E-state index in [-0.39, 0.29) is 23.5 Å². The van der Waals surface area contributed by atoms with Gasteiger partial charge in [0.2, 0.25) is 15.9 Å². The molecule has 0 aliphatic carbocycles. The Morgan fingerprint density at radius 1 is 1.46 bits per heavy atom. The van der Waals surface area contributed by atoms with Gasteiger partial charge < -0.3 is 4.90 Å². The molecule has 0 aromatic heterocycles. The van der Waals surface area contributed by atoms with Crippen molar-refractivity contribution in [2.45, 2.75) is 25.3 Å². The van der Waals surface area contributed by atoms with Gasteiger partial charge in [-0.2, -0.15) is 0 Å². The summed E-state index contributed by atoms with van der Waals surface area (Å²) in [7, 11) is -3.29. The number of rotatable bonds is 5. The molecule has 8 heteroatoms. The Kier molecular flexibility index (Phi) is 6.37. The monoisotopic (exact) mass is 374 g/mol. The van der Waals surface area contributed by atoms with Crippen LogP contribution in [0.5, 0.6) is 0 Å². The number of hydrogen-bond donors (Lipinski definition) is 1. The second kappa shape index (κ2) is 8.09. The summed E-state index contributed by atoms with van der Waals surface area (Å²) >= 11 is 5.72. The number of benzene rings is 1. The highest BCUT2D eigenvalue weighted by atomic mass is 35.5. The number of sulfonamides is 1. The van der Waals surface area contributed by atoms with Crippen molar-refractivity contribution < 1.29 is 17.6 Å². The molecule has 5 nitrogen and oxygen atoms in total. The summed E-state index contributed by atoms with van der Waals surface area (Å²) < 4.78 is 38.1. The first-order chi connectivity index (χ1) is 11.3. The molecular weight excluding hydrogens is 355 g/mol. The Labute approximate surface area is 146 Å². The van der Waals surface area contributed by atoms with Crippen LogP contribution in [-0.2, 0) is 14.8 Å². The van der Waals surface area contributed by atoms with Crippen molar-refractivity contribution in [2.24, 2.45) is 0 Å². The molecule has 1 amide bonds. The van der Waals surface area contributed by atoms with E-state index in [0.717, 1.165) is 25.5 Å². The highest BCUT2D eigenvalue weighted by Gasteiger charge is 2.25. The van der Waals surface area contributed by atoms with Gasteiger partial charge in [-0.15, -0.1) is 0 Å². The predicted molar refractivity (Wildman–Crippen MR) is 92.6 cm³/mol. The van der Waals surface area contributed by atoms with Crippen LogP contribution in [0.3, 0.4) is 0 Å². The van der Waals surface area contributed by atoms with E-state index < -0.39 is 15.8 Å². The van der Waals surface area contributed by atoms with Gasteiger partial charge in [0.25, 0.3) is 0 Å². The minimum absolute atomic E-state index is 0.00204. The van der Waals surface area contributed by atoms with E-state index in [0.29, 0.717) is 12.1 Å². The highest BCUT2D eigenvalue weighted by Crippen LogP contribution is 2.19. The molecule has 1 aliphatic heterocycles. The lowest BCUT2D eigenvalue weighted by Gasteiger charge is -2.35. The Bertz CT molecular complexity index is 737. The van der Waals surface area contributed by atoms with E-state index >= 15 is 0 Å². The van der Waals surface area contributed by atoms with Crippen LogP contribution in [0.25, 0.3) is 6.08 Å². The average Bonchev–Trinajstić information content (AvgIpc) is 2.53. The van der Waals surface area contributed by atoms with Crippen LogP contribution >= 0.6 is 11.6 Å². The lowest BCUT2D eigenvalue weighted by atomic mass is 10.0. The van der Waals surface area contributed by atoms with Crippen molar-refractivity contribution in [2.75, 3.05) is 19.3 Å². The van der Waals surface area contributed by atoms with Crippen molar-refractivity contribution in [3.8, 4) is 0 Å². The van der Waals surface area contributed by atoms with Gasteiger partial charge in [-0.25, -0.2) is 17.5 Å². The molecule has 24 heavy (non-hydrogen) atoms. The number of carbonyl (C=O) groups is 1. The van der Waals surface area contributed by atoms with E-state index in [9.17, 15) is 17.6 Å². The maximum Gasteiger partial charge on any atom is 0.246 e. The first-order valence-corrected chi connectivity index (χ1v) is 9.91. The van der Waals surface area contributed by atoms with Crippen LogP contribution in [0.4, 0.5) is 4.39 Å². The molecule has 0 saturated carbocycles. The number of carbonyl (C=O) groups excluding carboxylic acids is 1. The van der Waals surface area contributed by atoms with E-state index in [1.54, 1.807) is 11.0 Å². The standard InChI is InChI=1S/C16H20ClFN2O3S/c1-24(22,23)19-11-13-4-2-3-9-20(13)16(21)8-6-12-5-7-15(18)14(17)10-12/h5-8,10,13,19H,2-4,9,11H2,1H3. The number of hydrogen-bond acceptors (Lipinski definition) is 3. The molecule has 1 N–H and O–H groups in total. The molecule has 0 spiro atoms. The Morgan fingerprint density at radius 2 is 2.21 bits per heavy atom. The zero-order valence-corrected chi connectivity index (χ0v) is 14.9. The van der Waals surface area contributed by atoms with Gasteiger partial charge in [0.05, 0.1) is 11.3 Å². The Balaban J connectivity index is 2.04. The second-order valence-electron chi connectivity index (χ2n) is 5.81. The minimum Gasteiger partial charge on any atom is -0.335 e. The smallest absolute Gasteiger partial charge is 0.246 e. The van der Waals surface area contributed by atoms with Crippen LogP contribution in [0.2, 0.25) is 5.02 Å². The fourth-order valence-electron chi connectivity index (χ4n) is 2.63. The van der Waals surface area contributed by atoms with Crippen molar-refractivity contribution >= 4 is 33.6 Å². The SMILES string of the molecule is CS(=O)(=O)NCC1CCCCN1C(=O)C=Cc1ccc(F)c(Cl)c1.